The Kier molecular flexibility index (Phi) is 5.29. The molecule has 2 aliphatic heterocycles. The van der Waals surface area contributed by atoms with Crippen LogP contribution in [0.4, 0.5) is 15.8 Å². The van der Waals surface area contributed by atoms with E-state index in [1.165, 1.54) is 23.1 Å². The van der Waals surface area contributed by atoms with Crippen molar-refractivity contribution in [3.8, 4) is 0 Å². The van der Waals surface area contributed by atoms with Gasteiger partial charge in [-0.15, -0.1) is 0 Å². The Labute approximate surface area is 167 Å². The maximum atomic E-state index is 14.0. The molecule has 0 unspecified atom stereocenters. The van der Waals surface area contributed by atoms with Crippen molar-refractivity contribution >= 4 is 29.2 Å². The summed E-state index contributed by atoms with van der Waals surface area (Å²) in [5, 5.41) is 0. The molecule has 2 aromatic rings. The van der Waals surface area contributed by atoms with Gasteiger partial charge in [-0.05, 0) is 36.6 Å². The van der Waals surface area contributed by atoms with Crippen molar-refractivity contribution in [2.75, 3.05) is 29.5 Å². The Bertz CT molecular complexity index is 961. The van der Waals surface area contributed by atoms with Gasteiger partial charge in [0.15, 0.2) is 6.61 Å². The topological polar surface area (TPSA) is 66.9 Å². The lowest BCUT2D eigenvalue weighted by Crippen LogP contribution is -2.39. The molecular formula is C22H21FN2O4. The summed E-state index contributed by atoms with van der Waals surface area (Å²) in [7, 11) is 0. The number of esters is 1. The fourth-order valence-corrected chi connectivity index (χ4v) is 3.89. The van der Waals surface area contributed by atoms with Crippen LogP contribution in [-0.2, 0) is 25.5 Å². The molecule has 1 saturated heterocycles. The molecule has 150 valence electrons. The summed E-state index contributed by atoms with van der Waals surface area (Å²) in [5.74, 6) is -2.48. The van der Waals surface area contributed by atoms with Crippen LogP contribution in [0, 0.1) is 11.7 Å². The number of halogens is 1. The second-order valence-electron chi connectivity index (χ2n) is 7.24. The van der Waals surface area contributed by atoms with Crippen LogP contribution in [0.2, 0.25) is 0 Å². The summed E-state index contributed by atoms with van der Waals surface area (Å²) in [6.07, 6.45) is 1.70. The van der Waals surface area contributed by atoms with Crippen molar-refractivity contribution < 1.29 is 23.5 Å². The molecule has 0 saturated carbocycles. The Morgan fingerprint density at radius 2 is 1.79 bits per heavy atom. The van der Waals surface area contributed by atoms with Crippen LogP contribution >= 0.6 is 0 Å². The normalized spacial score (nSPS) is 18.5. The van der Waals surface area contributed by atoms with Crippen LogP contribution < -0.4 is 9.80 Å². The molecule has 7 heteroatoms. The Morgan fingerprint density at radius 3 is 2.59 bits per heavy atom. The molecule has 2 amide bonds. The van der Waals surface area contributed by atoms with Crippen molar-refractivity contribution in [1.29, 1.82) is 0 Å². The van der Waals surface area contributed by atoms with Crippen molar-refractivity contribution in [2.24, 2.45) is 5.92 Å². The van der Waals surface area contributed by atoms with Gasteiger partial charge >= 0.3 is 5.97 Å². The smallest absolute Gasteiger partial charge is 0.311 e. The lowest BCUT2D eigenvalue weighted by atomic mass is 10.0. The Balaban J connectivity index is 1.37. The summed E-state index contributed by atoms with van der Waals surface area (Å²) < 4.78 is 19.2. The maximum absolute atomic E-state index is 14.0. The summed E-state index contributed by atoms with van der Waals surface area (Å²) >= 11 is 0. The molecule has 0 spiro atoms. The number of aryl methyl sites for hydroxylation is 1. The van der Waals surface area contributed by atoms with Crippen molar-refractivity contribution in [1.82, 2.24) is 0 Å². The van der Waals surface area contributed by atoms with E-state index in [2.05, 4.69) is 0 Å². The third-order valence-electron chi connectivity index (χ3n) is 5.35. The van der Waals surface area contributed by atoms with E-state index < -0.39 is 17.7 Å². The monoisotopic (exact) mass is 396 g/mol. The number of para-hydroxylation sites is 2. The van der Waals surface area contributed by atoms with Crippen molar-refractivity contribution in [2.45, 2.75) is 19.3 Å². The van der Waals surface area contributed by atoms with Gasteiger partial charge in [0.2, 0.25) is 5.91 Å². The molecule has 0 N–H and O–H groups in total. The van der Waals surface area contributed by atoms with Gasteiger partial charge in [-0.3, -0.25) is 14.4 Å². The highest BCUT2D eigenvalue weighted by Crippen LogP contribution is 2.29. The molecule has 1 fully saturated rings. The molecular weight excluding hydrogens is 375 g/mol. The fourth-order valence-electron chi connectivity index (χ4n) is 3.89. The van der Waals surface area contributed by atoms with Crippen LogP contribution in [0.1, 0.15) is 18.4 Å². The first kappa shape index (κ1) is 19.1. The van der Waals surface area contributed by atoms with Gasteiger partial charge in [-0.2, -0.15) is 0 Å². The minimum atomic E-state index is -0.719. The quantitative estimate of drug-likeness (QED) is 0.746. The number of ether oxygens (including phenoxy) is 1. The number of nitrogens with zero attached hydrogens (tertiary/aromatic N) is 2. The highest BCUT2D eigenvalue weighted by atomic mass is 19.1. The van der Waals surface area contributed by atoms with E-state index in [4.69, 9.17) is 4.74 Å². The zero-order chi connectivity index (χ0) is 20.4. The first-order valence-corrected chi connectivity index (χ1v) is 9.64. The first-order valence-electron chi connectivity index (χ1n) is 9.64. The number of carbonyl (C=O) groups excluding carboxylic acids is 3. The maximum Gasteiger partial charge on any atom is 0.311 e. The van der Waals surface area contributed by atoms with E-state index in [-0.39, 0.29) is 37.1 Å². The van der Waals surface area contributed by atoms with Gasteiger partial charge < -0.3 is 14.5 Å². The van der Waals surface area contributed by atoms with Crippen LogP contribution in [0.3, 0.4) is 0 Å². The molecule has 1 atom stereocenters. The van der Waals surface area contributed by atoms with Crippen LogP contribution in [0.25, 0.3) is 0 Å². The lowest BCUT2D eigenvalue weighted by Gasteiger charge is -2.29. The molecule has 0 aromatic heterocycles. The molecule has 0 aliphatic carbocycles. The fraction of sp³-hybridized carbons (Fsp3) is 0.318. The highest BCUT2D eigenvalue weighted by Gasteiger charge is 2.37. The predicted octanol–water partition coefficient (Wildman–Crippen LogP) is 2.70. The number of rotatable bonds is 4. The molecule has 29 heavy (non-hydrogen) atoms. The second kappa shape index (κ2) is 8.03. The van der Waals surface area contributed by atoms with E-state index in [1.807, 2.05) is 24.3 Å². The first-order chi connectivity index (χ1) is 14.0. The number of carbonyl (C=O) groups is 3. The van der Waals surface area contributed by atoms with E-state index in [9.17, 15) is 18.8 Å². The molecule has 0 radical (unpaired) electrons. The van der Waals surface area contributed by atoms with E-state index >= 15 is 0 Å². The number of anilines is 2. The highest BCUT2D eigenvalue weighted by molar-refractivity contribution is 6.00. The zero-order valence-electron chi connectivity index (χ0n) is 15.8. The number of hydrogen-bond donors (Lipinski definition) is 0. The van der Waals surface area contributed by atoms with Crippen molar-refractivity contribution in [3.05, 3.63) is 59.9 Å². The zero-order valence-corrected chi connectivity index (χ0v) is 15.8. The summed E-state index contributed by atoms with van der Waals surface area (Å²) in [6.45, 7) is 0.243. The van der Waals surface area contributed by atoms with Crippen LogP contribution in [-0.4, -0.2) is 37.5 Å². The van der Waals surface area contributed by atoms with Gasteiger partial charge in [-0.1, -0.05) is 30.3 Å². The van der Waals surface area contributed by atoms with Gasteiger partial charge in [0.25, 0.3) is 5.91 Å². The number of amides is 2. The molecule has 4 rings (SSSR count). The SMILES string of the molecule is O=C(OCC(=O)N1CCCc2ccccc21)[C@@H]1CC(=O)N(c2ccccc2F)C1. The average molecular weight is 396 g/mol. The lowest BCUT2D eigenvalue weighted by molar-refractivity contribution is -0.151. The molecule has 6 nitrogen and oxygen atoms in total. The van der Waals surface area contributed by atoms with Gasteiger partial charge in [0, 0.05) is 25.2 Å². The van der Waals surface area contributed by atoms with Crippen LogP contribution in [0.15, 0.2) is 48.5 Å². The van der Waals surface area contributed by atoms with Crippen LogP contribution in [0.5, 0.6) is 0 Å². The van der Waals surface area contributed by atoms with Gasteiger partial charge in [0.05, 0.1) is 11.6 Å². The Morgan fingerprint density at radius 1 is 1.07 bits per heavy atom. The Hall–Kier alpha value is -3.22. The largest absolute Gasteiger partial charge is 0.455 e. The minimum absolute atomic E-state index is 0.0410. The van der Waals surface area contributed by atoms with Crippen molar-refractivity contribution in [3.63, 3.8) is 0 Å². The number of benzene rings is 2. The third-order valence-corrected chi connectivity index (χ3v) is 5.35. The predicted molar refractivity (Wildman–Crippen MR) is 105 cm³/mol. The van der Waals surface area contributed by atoms with E-state index in [0.29, 0.717) is 6.54 Å². The van der Waals surface area contributed by atoms with Gasteiger partial charge in [-0.25, -0.2) is 4.39 Å². The van der Waals surface area contributed by atoms with E-state index in [0.717, 1.165) is 24.1 Å². The average Bonchev–Trinajstić information content (AvgIpc) is 3.13. The molecule has 2 heterocycles. The molecule has 0 bridgehead atoms. The molecule has 2 aliphatic rings. The standard InChI is InChI=1S/C22H21FN2O4/c23-17-8-2-4-10-19(17)25-13-16(12-20(25)26)22(28)29-14-21(27)24-11-5-7-15-6-1-3-9-18(15)24/h1-4,6,8-10,16H,5,7,11-14H2/t16-/m1/s1. The summed E-state index contributed by atoms with van der Waals surface area (Å²) in [5.41, 5.74) is 2.09. The number of hydrogen-bond acceptors (Lipinski definition) is 4. The minimum Gasteiger partial charge on any atom is -0.455 e. The summed E-state index contributed by atoms with van der Waals surface area (Å²) in [6, 6.07) is 13.6. The molecule has 2 aromatic carbocycles. The third kappa shape index (κ3) is 3.85. The van der Waals surface area contributed by atoms with E-state index in [1.54, 1.807) is 11.0 Å². The summed E-state index contributed by atoms with van der Waals surface area (Å²) in [4.78, 5) is 40.1. The van der Waals surface area contributed by atoms with Gasteiger partial charge in [0.1, 0.15) is 5.82 Å². The number of fused-ring (bicyclic) bond motifs is 1. The second-order valence-corrected chi connectivity index (χ2v) is 7.24.